The number of benzene rings is 2. The maximum atomic E-state index is 13.3. The predicted octanol–water partition coefficient (Wildman–Crippen LogP) is 6.15. The highest BCUT2D eigenvalue weighted by atomic mass is 35.5. The minimum absolute atomic E-state index is 0.0328. The van der Waals surface area contributed by atoms with Crippen molar-refractivity contribution in [3.8, 4) is 5.75 Å². The third-order valence-corrected chi connectivity index (χ3v) is 6.89. The molecule has 1 aliphatic carbocycles. The minimum atomic E-state index is -0.674. The maximum Gasteiger partial charge on any atom is 0.261 e. The summed E-state index contributed by atoms with van der Waals surface area (Å²) in [6.07, 6.45) is 4.18. The highest BCUT2D eigenvalue weighted by Gasteiger charge is 2.29. The summed E-state index contributed by atoms with van der Waals surface area (Å²) in [7, 11) is 0. The molecule has 0 spiro atoms. The van der Waals surface area contributed by atoms with Gasteiger partial charge in [0.25, 0.3) is 5.91 Å². The highest BCUT2D eigenvalue weighted by molar-refractivity contribution is 6.35. The molecule has 34 heavy (non-hydrogen) atoms. The molecule has 7 heteroatoms. The second kappa shape index (κ2) is 11.5. The summed E-state index contributed by atoms with van der Waals surface area (Å²) in [5.41, 5.74) is 1.93. The molecule has 2 amide bonds. The number of hydrogen-bond donors (Lipinski definition) is 1. The van der Waals surface area contributed by atoms with Crippen LogP contribution in [0.2, 0.25) is 10.0 Å². The fourth-order valence-electron chi connectivity index (χ4n) is 4.09. The lowest BCUT2D eigenvalue weighted by Crippen LogP contribution is -2.50. The molecule has 2 aromatic carbocycles. The topological polar surface area (TPSA) is 58.6 Å². The van der Waals surface area contributed by atoms with Crippen molar-refractivity contribution in [2.75, 3.05) is 6.61 Å². The van der Waals surface area contributed by atoms with Crippen LogP contribution in [0, 0.1) is 0 Å². The van der Waals surface area contributed by atoms with E-state index in [2.05, 4.69) is 26.1 Å². The van der Waals surface area contributed by atoms with Crippen LogP contribution in [0.25, 0.3) is 0 Å². The van der Waals surface area contributed by atoms with Crippen molar-refractivity contribution in [2.45, 2.75) is 77.4 Å². The average molecular weight is 505 g/mol. The molecule has 3 rings (SSSR count). The smallest absolute Gasteiger partial charge is 0.261 e. The average Bonchev–Trinajstić information content (AvgIpc) is 3.29. The number of carbonyl (C=O) groups excluding carboxylic acids is 2. The second-order valence-corrected chi connectivity index (χ2v) is 10.8. The monoisotopic (exact) mass is 504 g/mol. The third-order valence-electron chi connectivity index (χ3n) is 6.31. The van der Waals surface area contributed by atoms with Gasteiger partial charge in [-0.15, -0.1) is 0 Å². The van der Waals surface area contributed by atoms with Crippen molar-refractivity contribution < 1.29 is 14.3 Å². The van der Waals surface area contributed by atoms with Gasteiger partial charge in [-0.3, -0.25) is 9.59 Å². The van der Waals surface area contributed by atoms with Gasteiger partial charge >= 0.3 is 0 Å². The highest BCUT2D eigenvalue weighted by Crippen LogP contribution is 2.26. The van der Waals surface area contributed by atoms with Crippen molar-refractivity contribution >= 4 is 35.0 Å². The Hall–Kier alpha value is -2.24. The van der Waals surface area contributed by atoms with Crippen LogP contribution in [0.15, 0.2) is 42.5 Å². The van der Waals surface area contributed by atoms with Crippen molar-refractivity contribution in [2.24, 2.45) is 0 Å². The van der Waals surface area contributed by atoms with Gasteiger partial charge in [-0.25, -0.2) is 0 Å². The summed E-state index contributed by atoms with van der Waals surface area (Å²) in [4.78, 5) is 27.8. The van der Waals surface area contributed by atoms with Crippen LogP contribution >= 0.6 is 23.2 Å². The van der Waals surface area contributed by atoms with E-state index in [0.717, 1.165) is 31.2 Å². The van der Waals surface area contributed by atoms with Crippen molar-refractivity contribution in [1.29, 1.82) is 0 Å². The number of carbonyl (C=O) groups is 2. The fraction of sp³-hybridized carbons (Fsp3) is 0.481. The SMILES string of the molecule is C[C@H](C(=O)NC1CCCC1)N(Cc1ccc(Cl)cc1Cl)C(=O)COc1ccc(C(C)(C)C)cc1. The van der Waals surface area contributed by atoms with E-state index in [1.54, 1.807) is 25.1 Å². The number of ether oxygens (including phenoxy) is 1. The summed E-state index contributed by atoms with van der Waals surface area (Å²) in [6.45, 7) is 8.17. The third kappa shape index (κ3) is 7.13. The van der Waals surface area contributed by atoms with Crippen LogP contribution in [-0.2, 0) is 21.5 Å². The number of nitrogens with one attached hydrogen (secondary N) is 1. The Morgan fingerprint density at radius 2 is 1.74 bits per heavy atom. The Morgan fingerprint density at radius 1 is 1.09 bits per heavy atom. The molecule has 1 N–H and O–H groups in total. The first-order valence-electron chi connectivity index (χ1n) is 11.8. The molecule has 1 fully saturated rings. The fourth-order valence-corrected chi connectivity index (χ4v) is 4.56. The Bertz CT molecular complexity index is 996. The van der Waals surface area contributed by atoms with E-state index in [0.29, 0.717) is 15.8 Å². The first-order chi connectivity index (χ1) is 16.0. The summed E-state index contributed by atoms with van der Waals surface area (Å²) in [6, 6.07) is 12.4. The molecular formula is C27H34Cl2N2O3. The van der Waals surface area contributed by atoms with Gasteiger partial charge in [-0.05, 0) is 60.6 Å². The number of hydrogen-bond acceptors (Lipinski definition) is 3. The molecule has 0 aromatic heterocycles. The van der Waals surface area contributed by atoms with E-state index >= 15 is 0 Å². The molecule has 0 radical (unpaired) electrons. The Kier molecular flexibility index (Phi) is 8.89. The lowest BCUT2D eigenvalue weighted by atomic mass is 9.87. The molecule has 184 valence electrons. The van der Waals surface area contributed by atoms with Crippen LogP contribution in [0.4, 0.5) is 0 Å². The second-order valence-electron chi connectivity index (χ2n) is 9.99. The largest absolute Gasteiger partial charge is 0.484 e. The molecule has 1 saturated carbocycles. The Labute approximate surface area is 212 Å². The van der Waals surface area contributed by atoms with Crippen molar-refractivity contribution in [3.05, 3.63) is 63.6 Å². The summed E-state index contributed by atoms with van der Waals surface area (Å²) in [5, 5.41) is 4.06. The zero-order chi connectivity index (χ0) is 24.9. The number of rotatable bonds is 8. The van der Waals surface area contributed by atoms with E-state index in [-0.39, 0.29) is 36.4 Å². The minimum Gasteiger partial charge on any atom is -0.484 e. The van der Waals surface area contributed by atoms with Gasteiger partial charge in [0.2, 0.25) is 5.91 Å². The van der Waals surface area contributed by atoms with Gasteiger partial charge < -0.3 is 15.0 Å². The zero-order valence-electron chi connectivity index (χ0n) is 20.4. The van der Waals surface area contributed by atoms with E-state index in [1.807, 2.05) is 24.3 Å². The quantitative estimate of drug-likeness (QED) is 0.469. The summed E-state index contributed by atoms with van der Waals surface area (Å²) in [5.74, 6) is 0.147. The maximum absolute atomic E-state index is 13.3. The van der Waals surface area contributed by atoms with Gasteiger partial charge in [-0.1, -0.05) is 75.0 Å². The molecule has 0 unspecified atom stereocenters. The number of nitrogens with zero attached hydrogens (tertiary/aromatic N) is 1. The molecule has 1 aliphatic rings. The molecule has 0 saturated heterocycles. The molecule has 0 bridgehead atoms. The van der Waals surface area contributed by atoms with Crippen molar-refractivity contribution in [1.82, 2.24) is 10.2 Å². The van der Waals surface area contributed by atoms with E-state index in [1.165, 1.54) is 10.5 Å². The number of amides is 2. The van der Waals surface area contributed by atoms with Crippen LogP contribution in [0.5, 0.6) is 5.75 Å². The van der Waals surface area contributed by atoms with Gasteiger partial charge in [0.05, 0.1) is 0 Å². The predicted molar refractivity (Wildman–Crippen MR) is 138 cm³/mol. The summed E-state index contributed by atoms with van der Waals surface area (Å²) >= 11 is 12.4. The molecule has 1 atom stereocenters. The van der Waals surface area contributed by atoms with Gasteiger partial charge in [-0.2, -0.15) is 0 Å². The Morgan fingerprint density at radius 3 is 2.32 bits per heavy atom. The van der Waals surface area contributed by atoms with E-state index in [4.69, 9.17) is 27.9 Å². The van der Waals surface area contributed by atoms with Crippen LogP contribution in [0.1, 0.15) is 64.5 Å². The zero-order valence-corrected chi connectivity index (χ0v) is 21.9. The van der Waals surface area contributed by atoms with Crippen LogP contribution < -0.4 is 10.1 Å². The summed E-state index contributed by atoms with van der Waals surface area (Å²) < 4.78 is 5.79. The lowest BCUT2D eigenvalue weighted by molar-refractivity contribution is -0.142. The standard InChI is InChI=1S/C27H34Cl2N2O3/c1-18(26(33)30-22-7-5-6-8-22)31(16-19-9-12-21(28)15-24(19)29)25(32)17-34-23-13-10-20(11-14-23)27(2,3)4/h9-15,18,22H,5-8,16-17H2,1-4H3,(H,30,33)/t18-/m1/s1. The van der Waals surface area contributed by atoms with Gasteiger partial charge in [0, 0.05) is 22.6 Å². The van der Waals surface area contributed by atoms with Gasteiger partial charge in [0.1, 0.15) is 11.8 Å². The Balaban J connectivity index is 1.73. The van der Waals surface area contributed by atoms with Crippen LogP contribution in [0.3, 0.4) is 0 Å². The van der Waals surface area contributed by atoms with Crippen molar-refractivity contribution in [3.63, 3.8) is 0 Å². The molecular weight excluding hydrogens is 471 g/mol. The first-order valence-corrected chi connectivity index (χ1v) is 12.6. The molecule has 0 heterocycles. The van der Waals surface area contributed by atoms with E-state index < -0.39 is 6.04 Å². The van der Waals surface area contributed by atoms with Gasteiger partial charge in [0.15, 0.2) is 6.61 Å². The van der Waals surface area contributed by atoms with Crippen LogP contribution in [-0.4, -0.2) is 35.4 Å². The molecule has 5 nitrogen and oxygen atoms in total. The first kappa shape index (κ1) is 26.4. The normalized spacial score (nSPS) is 15.1. The molecule has 2 aromatic rings. The number of halogens is 2. The van der Waals surface area contributed by atoms with E-state index in [9.17, 15) is 9.59 Å². The lowest BCUT2D eigenvalue weighted by Gasteiger charge is -2.30. The molecule has 0 aliphatic heterocycles.